The van der Waals surface area contributed by atoms with Gasteiger partial charge in [-0.2, -0.15) is 0 Å². The van der Waals surface area contributed by atoms with E-state index in [1.807, 2.05) is 12.1 Å². The van der Waals surface area contributed by atoms with Crippen molar-refractivity contribution in [2.24, 2.45) is 0 Å². The molecule has 0 amide bonds. The van der Waals surface area contributed by atoms with Crippen molar-refractivity contribution in [2.75, 3.05) is 6.54 Å². The highest BCUT2D eigenvalue weighted by Gasteiger charge is 2.20. The molecule has 0 spiro atoms. The summed E-state index contributed by atoms with van der Waals surface area (Å²) >= 11 is 0. The Balaban J connectivity index is 2.72. The highest BCUT2D eigenvalue weighted by Crippen LogP contribution is 2.17. The molecule has 2 heteroatoms. The molecule has 0 radical (unpaired) electrons. The van der Waals surface area contributed by atoms with Gasteiger partial charge >= 0.3 is 0 Å². The van der Waals surface area contributed by atoms with E-state index in [0.717, 1.165) is 19.5 Å². The standard InChI is InChI=1S/C14H22FN/c1-5-10-16(14(2,3)4)11-12-6-8-13(15)9-7-12/h6-9H,5,10-11H2,1-4H3. The van der Waals surface area contributed by atoms with Gasteiger partial charge in [0.15, 0.2) is 0 Å². The third-order valence-corrected chi connectivity index (χ3v) is 2.73. The lowest BCUT2D eigenvalue weighted by molar-refractivity contribution is 0.128. The van der Waals surface area contributed by atoms with Gasteiger partial charge in [0.05, 0.1) is 0 Å². The number of halogens is 1. The monoisotopic (exact) mass is 223 g/mol. The average Bonchev–Trinajstić information content (AvgIpc) is 2.19. The molecule has 90 valence electrons. The van der Waals surface area contributed by atoms with Gasteiger partial charge in [-0.1, -0.05) is 19.1 Å². The summed E-state index contributed by atoms with van der Waals surface area (Å²) in [5.41, 5.74) is 1.33. The summed E-state index contributed by atoms with van der Waals surface area (Å²) in [6.45, 7) is 10.8. The molecule has 0 aliphatic rings. The first-order valence-corrected chi connectivity index (χ1v) is 5.93. The van der Waals surface area contributed by atoms with Crippen LogP contribution in [0.4, 0.5) is 4.39 Å². The Morgan fingerprint density at radius 3 is 2.12 bits per heavy atom. The van der Waals surface area contributed by atoms with Gasteiger partial charge in [-0.05, 0) is 51.4 Å². The number of rotatable bonds is 4. The first-order chi connectivity index (χ1) is 7.43. The normalized spacial score (nSPS) is 12.1. The minimum absolute atomic E-state index is 0.157. The zero-order chi connectivity index (χ0) is 12.2. The molecular weight excluding hydrogens is 201 g/mol. The Labute approximate surface area is 98.3 Å². The van der Waals surface area contributed by atoms with Crippen LogP contribution >= 0.6 is 0 Å². The van der Waals surface area contributed by atoms with Crippen molar-refractivity contribution in [1.29, 1.82) is 0 Å². The zero-order valence-corrected chi connectivity index (χ0v) is 10.8. The van der Waals surface area contributed by atoms with Crippen LogP contribution in [-0.2, 0) is 6.54 Å². The Kier molecular flexibility index (Phi) is 4.48. The molecule has 0 saturated carbocycles. The minimum Gasteiger partial charge on any atom is -0.294 e. The lowest BCUT2D eigenvalue weighted by atomic mass is 10.0. The van der Waals surface area contributed by atoms with E-state index in [4.69, 9.17) is 0 Å². The van der Waals surface area contributed by atoms with E-state index >= 15 is 0 Å². The van der Waals surface area contributed by atoms with Crippen LogP contribution in [-0.4, -0.2) is 17.0 Å². The van der Waals surface area contributed by atoms with Gasteiger partial charge in [0.2, 0.25) is 0 Å². The summed E-state index contributed by atoms with van der Waals surface area (Å²) in [5.74, 6) is -0.165. The third-order valence-electron chi connectivity index (χ3n) is 2.73. The van der Waals surface area contributed by atoms with Crippen LogP contribution in [0.15, 0.2) is 24.3 Å². The lowest BCUT2D eigenvalue weighted by Crippen LogP contribution is -2.41. The van der Waals surface area contributed by atoms with E-state index < -0.39 is 0 Å². The van der Waals surface area contributed by atoms with Gasteiger partial charge in [-0.15, -0.1) is 0 Å². The molecule has 0 aromatic heterocycles. The summed E-state index contributed by atoms with van der Waals surface area (Å²) in [6, 6.07) is 6.79. The van der Waals surface area contributed by atoms with Crippen molar-refractivity contribution in [2.45, 2.75) is 46.2 Å². The molecule has 0 aliphatic carbocycles. The number of nitrogens with zero attached hydrogens (tertiary/aromatic N) is 1. The van der Waals surface area contributed by atoms with Crippen molar-refractivity contribution >= 4 is 0 Å². The predicted octanol–water partition coefficient (Wildman–Crippen LogP) is 3.84. The molecule has 16 heavy (non-hydrogen) atoms. The van der Waals surface area contributed by atoms with E-state index in [1.165, 1.54) is 17.7 Å². The topological polar surface area (TPSA) is 3.24 Å². The van der Waals surface area contributed by atoms with E-state index in [9.17, 15) is 4.39 Å². The predicted molar refractivity (Wildman–Crippen MR) is 66.9 cm³/mol. The maximum atomic E-state index is 12.8. The molecule has 0 aliphatic heterocycles. The quantitative estimate of drug-likeness (QED) is 0.749. The maximum Gasteiger partial charge on any atom is 0.123 e. The highest BCUT2D eigenvalue weighted by molar-refractivity contribution is 5.16. The highest BCUT2D eigenvalue weighted by atomic mass is 19.1. The molecular formula is C14H22FN. The van der Waals surface area contributed by atoms with Crippen LogP contribution in [0.3, 0.4) is 0 Å². The van der Waals surface area contributed by atoms with Crippen LogP contribution in [0.5, 0.6) is 0 Å². The Morgan fingerprint density at radius 2 is 1.69 bits per heavy atom. The molecule has 0 heterocycles. The van der Waals surface area contributed by atoms with Gasteiger partial charge in [0.25, 0.3) is 0 Å². The van der Waals surface area contributed by atoms with E-state index in [0.29, 0.717) is 0 Å². The van der Waals surface area contributed by atoms with Gasteiger partial charge in [0, 0.05) is 12.1 Å². The fourth-order valence-corrected chi connectivity index (χ4v) is 1.73. The van der Waals surface area contributed by atoms with Gasteiger partial charge in [-0.25, -0.2) is 4.39 Å². The maximum absolute atomic E-state index is 12.8. The van der Waals surface area contributed by atoms with E-state index in [-0.39, 0.29) is 11.4 Å². The molecule has 1 aromatic carbocycles. The van der Waals surface area contributed by atoms with Crippen LogP contribution in [0.25, 0.3) is 0 Å². The summed E-state index contributed by atoms with van der Waals surface area (Å²) < 4.78 is 12.8. The van der Waals surface area contributed by atoms with Crippen LogP contribution < -0.4 is 0 Å². The fourth-order valence-electron chi connectivity index (χ4n) is 1.73. The third kappa shape index (κ3) is 3.93. The number of benzene rings is 1. The zero-order valence-electron chi connectivity index (χ0n) is 10.8. The largest absolute Gasteiger partial charge is 0.294 e. The van der Waals surface area contributed by atoms with Crippen LogP contribution in [0.2, 0.25) is 0 Å². The molecule has 0 saturated heterocycles. The first kappa shape index (κ1) is 13.2. The molecule has 0 bridgehead atoms. The summed E-state index contributed by atoms with van der Waals surface area (Å²) in [6.07, 6.45) is 1.14. The fraction of sp³-hybridized carbons (Fsp3) is 0.571. The van der Waals surface area contributed by atoms with Crippen molar-refractivity contribution in [3.8, 4) is 0 Å². The second-order valence-electron chi connectivity index (χ2n) is 5.22. The first-order valence-electron chi connectivity index (χ1n) is 5.93. The second-order valence-corrected chi connectivity index (χ2v) is 5.22. The smallest absolute Gasteiger partial charge is 0.123 e. The molecule has 1 rings (SSSR count). The minimum atomic E-state index is -0.165. The SMILES string of the molecule is CCCN(Cc1ccc(F)cc1)C(C)(C)C. The molecule has 1 nitrogen and oxygen atoms in total. The van der Waals surface area contributed by atoms with Gasteiger partial charge in [-0.3, -0.25) is 4.90 Å². The van der Waals surface area contributed by atoms with Crippen molar-refractivity contribution in [1.82, 2.24) is 4.90 Å². The Morgan fingerprint density at radius 1 is 1.12 bits per heavy atom. The van der Waals surface area contributed by atoms with Crippen molar-refractivity contribution in [3.05, 3.63) is 35.6 Å². The Hall–Kier alpha value is -0.890. The summed E-state index contributed by atoms with van der Waals surface area (Å²) in [5, 5.41) is 0. The van der Waals surface area contributed by atoms with Crippen molar-refractivity contribution in [3.63, 3.8) is 0 Å². The number of hydrogen-bond acceptors (Lipinski definition) is 1. The molecule has 0 atom stereocenters. The summed E-state index contributed by atoms with van der Waals surface area (Å²) in [7, 11) is 0. The average molecular weight is 223 g/mol. The second kappa shape index (κ2) is 5.44. The van der Waals surface area contributed by atoms with Crippen LogP contribution in [0, 0.1) is 5.82 Å². The van der Waals surface area contributed by atoms with Crippen molar-refractivity contribution < 1.29 is 4.39 Å². The molecule has 0 unspecified atom stereocenters. The summed E-state index contributed by atoms with van der Waals surface area (Å²) in [4.78, 5) is 2.42. The molecule has 0 fully saturated rings. The molecule has 0 N–H and O–H groups in total. The number of hydrogen-bond donors (Lipinski definition) is 0. The Bertz CT molecular complexity index is 311. The molecule has 1 aromatic rings. The van der Waals surface area contributed by atoms with Gasteiger partial charge < -0.3 is 0 Å². The van der Waals surface area contributed by atoms with Gasteiger partial charge in [0.1, 0.15) is 5.82 Å². The lowest BCUT2D eigenvalue weighted by Gasteiger charge is -2.35. The van der Waals surface area contributed by atoms with E-state index in [2.05, 4.69) is 32.6 Å². The van der Waals surface area contributed by atoms with Crippen LogP contribution in [0.1, 0.15) is 39.7 Å². The van der Waals surface area contributed by atoms with E-state index in [1.54, 1.807) is 0 Å².